The van der Waals surface area contributed by atoms with Gasteiger partial charge < -0.3 is 15.2 Å². The summed E-state index contributed by atoms with van der Waals surface area (Å²) in [6.07, 6.45) is 0. The van der Waals surface area contributed by atoms with Crippen LogP contribution >= 0.6 is 0 Å². The summed E-state index contributed by atoms with van der Waals surface area (Å²) in [5.74, 6) is 0.353. The Morgan fingerprint density at radius 1 is 1.23 bits per heavy atom. The smallest absolute Gasteiger partial charge is 0.249 e. The molecule has 0 unspecified atom stereocenters. The summed E-state index contributed by atoms with van der Waals surface area (Å²) < 4.78 is 11.1. The van der Waals surface area contributed by atoms with Crippen LogP contribution in [0.3, 0.4) is 0 Å². The minimum absolute atomic E-state index is 0.0983. The van der Waals surface area contributed by atoms with Crippen LogP contribution in [0.25, 0.3) is 11.1 Å². The molecule has 0 saturated carbocycles. The van der Waals surface area contributed by atoms with E-state index in [4.69, 9.17) is 15.2 Å². The van der Waals surface area contributed by atoms with Gasteiger partial charge in [-0.1, -0.05) is 37.3 Å². The van der Waals surface area contributed by atoms with E-state index in [1.165, 1.54) is 0 Å². The monoisotopic (exact) mass is 297 g/mol. The Balaban J connectivity index is 1.83. The molecule has 1 fully saturated rings. The van der Waals surface area contributed by atoms with Crippen LogP contribution in [-0.2, 0) is 4.74 Å². The molecule has 0 bridgehead atoms. The number of carbonyl (C=O) groups is 1. The predicted octanol–water partition coefficient (Wildman–Crippen LogP) is 2.87. The van der Waals surface area contributed by atoms with Gasteiger partial charge in [0.2, 0.25) is 5.91 Å². The molecule has 2 N–H and O–H groups in total. The summed E-state index contributed by atoms with van der Waals surface area (Å²) >= 11 is 0. The van der Waals surface area contributed by atoms with Crippen LogP contribution in [0.4, 0.5) is 0 Å². The van der Waals surface area contributed by atoms with Gasteiger partial charge in [0, 0.05) is 11.0 Å². The average Bonchev–Trinajstić information content (AvgIpc) is 2.51. The van der Waals surface area contributed by atoms with Crippen LogP contribution in [0.5, 0.6) is 5.75 Å². The molecule has 0 radical (unpaired) electrons. The van der Waals surface area contributed by atoms with Gasteiger partial charge in [0.1, 0.15) is 5.75 Å². The predicted molar refractivity (Wildman–Crippen MR) is 84.8 cm³/mol. The van der Waals surface area contributed by atoms with E-state index in [2.05, 4.69) is 6.92 Å². The van der Waals surface area contributed by atoms with E-state index in [0.29, 0.717) is 12.2 Å². The summed E-state index contributed by atoms with van der Waals surface area (Å²) in [5.41, 5.74) is 7.80. The molecule has 0 atom stereocenters. The highest BCUT2D eigenvalue weighted by Crippen LogP contribution is 2.30. The summed E-state index contributed by atoms with van der Waals surface area (Å²) in [7, 11) is 0. The third kappa shape index (κ3) is 2.97. The van der Waals surface area contributed by atoms with Crippen LogP contribution in [0.15, 0.2) is 48.5 Å². The fourth-order valence-electron chi connectivity index (χ4n) is 2.49. The van der Waals surface area contributed by atoms with E-state index in [1.54, 1.807) is 12.1 Å². The van der Waals surface area contributed by atoms with E-state index in [-0.39, 0.29) is 5.41 Å². The highest BCUT2D eigenvalue weighted by atomic mass is 16.5. The standard InChI is InChI=1S/C18H19NO3/c1-18(10-21-11-18)12-22-14-6-4-5-13(9-14)15-7-2-3-8-16(15)17(19)20/h2-9H,10-12H2,1H3,(H2,19,20). The maximum absolute atomic E-state index is 11.6. The Hall–Kier alpha value is -2.33. The van der Waals surface area contributed by atoms with Gasteiger partial charge in [-0.15, -0.1) is 0 Å². The highest BCUT2D eigenvalue weighted by Gasteiger charge is 2.34. The Kier molecular flexibility index (Phi) is 3.86. The first-order valence-corrected chi connectivity index (χ1v) is 7.27. The Morgan fingerprint density at radius 3 is 2.68 bits per heavy atom. The molecule has 0 aliphatic carbocycles. The first kappa shape index (κ1) is 14.6. The van der Waals surface area contributed by atoms with Crippen molar-refractivity contribution in [2.75, 3.05) is 19.8 Å². The lowest BCUT2D eigenvalue weighted by molar-refractivity contribution is -0.120. The molecule has 1 amide bonds. The second-order valence-electron chi connectivity index (χ2n) is 6.03. The van der Waals surface area contributed by atoms with Crippen molar-refractivity contribution < 1.29 is 14.3 Å². The molecule has 1 heterocycles. The Labute approximate surface area is 129 Å². The molecule has 0 aromatic heterocycles. The van der Waals surface area contributed by atoms with Crippen molar-refractivity contribution in [3.05, 3.63) is 54.1 Å². The topological polar surface area (TPSA) is 61.5 Å². The lowest BCUT2D eigenvalue weighted by Crippen LogP contribution is -2.44. The largest absolute Gasteiger partial charge is 0.493 e. The molecule has 114 valence electrons. The maximum atomic E-state index is 11.6. The molecule has 0 spiro atoms. The zero-order valence-electron chi connectivity index (χ0n) is 12.5. The second kappa shape index (κ2) is 5.81. The normalized spacial score (nSPS) is 15.9. The zero-order chi connectivity index (χ0) is 15.6. The van der Waals surface area contributed by atoms with Gasteiger partial charge in [-0.05, 0) is 29.3 Å². The minimum atomic E-state index is -0.430. The van der Waals surface area contributed by atoms with E-state index < -0.39 is 5.91 Å². The zero-order valence-corrected chi connectivity index (χ0v) is 12.5. The molecule has 1 saturated heterocycles. The van der Waals surface area contributed by atoms with Crippen molar-refractivity contribution in [3.63, 3.8) is 0 Å². The average molecular weight is 297 g/mol. The Bertz CT molecular complexity index is 692. The molecule has 2 aromatic rings. The van der Waals surface area contributed by atoms with E-state index >= 15 is 0 Å². The van der Waals surface area contributed by atoms with Crippen molar-refractivity contribution in [1.29, 1.82) is 0 Å². The molecule has 4 heteroatoms. The fourth-order valence-corrected chi connectivity index (χ4v) is 2.49. The number of amides is 1. The lowest BCUT2D eigenvalue weighted by atomic mass is 9.90. The summed E-state index contributed by atoms with van der Waals surface area (Å²) in [5, 5.41) is 0. The number of hydrogen-bond donors (Lipinski definition) is 1. The van der Waals surface area contributed by atoms with Crippen molar-refractivity contribution >= 4 is 5.91 Å². The SMILES string of the molecule is CC1(COc2cccc(-c3ccccc3C(N)=O)c2)COC1. The molecule has 1 aliphatic heterocycles. The van der Waals surface area contributed by atoms with Gasteiger partial charge in [0.05, 0.1) is 19.8 Å². The third-order valence-corrected chi connectivity index (χ3v) is 3.83. The summed E-state index contributed by atoms with van der Waals surface area (Å²) in [4.78, 5) is 11.6. The molecule has 4 nitrogen and oxygen atoms in total. The van der Waals surface area contributed by atoms with Crippen molar-refractivity contribution in [1.82, 2.24) is 0 Å². The fraction of sp³-hybridized carbons (Fsp3) is 0.278. The van der Waals surface area contributed by atoms with Crippen LogP contribution in [0.1, 0.15) is 17.3 Å². The van der Waals surface area contributed by atoms with Crippen LogP contribution in [-0.4, -0.2) is 25.7 Å². The number of carbonyl (C=O) groups excluding carboxylic acids is 1. The third-order valence-electron chi connectivity index (χ3n) is 3.83. The molecule has 2 aromatic carbocycles. The van der Waals surface area contributed by atoms with Crippen molar-refractivity contribution in [2.24, 2.45) is 11.1 Å². The van der Waals surface area contributed by atoms with E-state index in [0.717, 1.165) is 30.1 Å². The van der Waals surface area contributed by atoms with Gasteiger partial charge in [-0.2, -0.15) is 0 Å². The summed E-state index contributed by atoms with van der Waals surface area (Å²) in [6, 6.07) is 15.0. The van der Waals surface area contributed by atoms with Crippen LogP contribution < -0.4 is 10.5 Å². The quantitative estimate of drug-likeness (QED) is 0.923. The molecule has 22 heavy (non-hydrogen) atoms. The number of nitrogens with two attached hydrogens (primary N) is 1. The lowest BCUT2D eigenvalue weighted by Gasteiger charge is -2.37. The number of rotatable bonds is 5. The number of primary amides is 1. The Morgan fingerprint density at radius 2 is 2.00 bits per heavy atom. The van der Waals surface area contributed by atoms with E-state index in [1.807, 2.05) is 36.4 Å². The molecular formula is C18H19NO3. The number of hydrogen-bond acceptors (Lipinski definition) is 3. The molecule has 1 aliphatic rings. The van der Waals surface area contributed by atoms with Gasteiger partial charge in [-0.3, -0.25) is 4.79 Å². The van der Waals surface area contributed by atoms with Gasteiger partial charge >= 0.3 is 0 Å². The minimum Gasteiger partial charge on any atom is -0.493 e. The van der Waals surface area contributed by atoms with Crippen LogP contribution in [0, 0.1) is 5.41 Å². The highest BCUT2D eigenvalue weighted by molar-refractivity contribution is 5.99. The van der Waals surface area contributed by atoms with Gasteiger partial charge in [-0.25, -0.2) is 0 Å². The first-order chi connectivity index (χ1) is 10.6. The van der Waals surface area contributed by atoms with E-state index in [9.17, 15) is 4.79 Å². The molecule has 3 rings (SSSR count). The molecular weight excluding hydrogens is 278 g/mol. The first-order valence-electron chi connectivity index (χ1n) is 7.27. The van der Waals surface area contributed by atoms with Gasteiger partial charge in [0.15, 0.2) is 0 Å². The summed E-state index contributed by atoms with van der Waals surface area (Å²) in [6.45, 7) is 4.23. The van der Waals surface area contributed by atoms with Gasteiger partial charge in [0.25, 0.3) is 0 Å². The second-order valence-corrected chi connectivity index (χ2v) is 6.03. The van der Waals surface area contributed by atoms with Crippen molar-refractivity contribution in [3.8, 4) is 16.9 Å². The van der Waals surface area contributed by atoms with Crippen LogP contribution in [0.2, 0.25) is 0 Å². The maximum Gasteiger partial charge on any atom is 0.249 e. The number of benzene rings is 2. The van der Waals surface area contributed by atoms with Crippen molar-refractivity contribution in [2.45, 2.75) is 6.92 Å². The number of ether oxygens (including phenoxy) is 2.